The lowest BCUT2D eigenvalue weighted by Crippen LogP contribution is -2.00. The van der Waals surface area contributed by atoms with Gasteiger partial charge in [-0.15, -0.1) is 11.3 Å². The number of halogens is 2. The second-order valence-electron chi connectivity index (χ2n) is 7.56. The number of carbonyl (C=O) groups excluding carboxylic acids is 1. The van der Waals surface area contributed by atoms with E-state index in [4.69, 9.17) is 21.1 Å². The molecule has 6 heteroatoms. The van der Waals surface area contributed by atoms with Crippen LogP contribution >= 0.6 is 38.9 Å². The van der Waals surface area contributed by atoms with Gasteiger partial charge < -0.3 is 9.47 Å². The van der Waals surface area contributed by atoms with Gasteiger partial charge in [0.1, 0.15) is 18.1 Å². The highest BCUT2D eigenvalue weighted by atomic mass is 79.9. The molecule has 3 aromatic carbocycles. The van der Waals surface area contributed by atoms with Crippen LogP contribution in [0.25, 0.3) is 6.08 Å². The van der Waals surface area contributed by atoms with Crippen molar-refractivity contribution in [3.05, 3.63) is 121 Å². The zero-order chi connectivity index (χ0) is 23.9. The molecule has 4 aromatic rings. The van der Waals surface area contributed by atoms with Crippen molar-refractivity contribution in [1.29, 1.82) is 0 Å². The molecule has 4 rings (SSSR count). The normalized spacial score (nSPS) is 11.0. The summed E-state index contributed by atoms with van der Waals surface area (Å²) in [4.78, 5) is 14.6. The highest BCUT2D eigenvalue weighted by Gasteiger charge is 2.09. The number of methoxy groups -OCH3 is 1. The lowest BCUT2D eigenvalue weighted by molar-refractivity contribution is 0.105. The molecule has 0 atom stereocenters. The van der Waals surface area contributed by atoms with E-state index in [1.165, 1.54) is 21.8 Å². The molecule has 0 saturated heterocycles. The zero-order valence-corrected chi connectivity index (χ0v) is 21.6. The molecule has 0 amide bonds. The molecule has 1 aromatic heterocycles. The molecule has 34 heavy (non-hydrogen) atoms. The Labute approximate surface area is 216 Å². The smallest absolute Gasteiger partial charge is 0.195 e. The predicted molar refractivity (Wildman–Crippen MR) is 143 cm³/mol. The first-order valence-corrected chi connectivity index (χ1v) is 12.6. The fraction of sp³-hybridized carbons (Fsp3) is 0.107. The summed E-state index contributed by atoms with van der Waals surface area (Å²) in [6, 6.07) is 25.3. The van der Waals surface area contributed by atoms with E-state index < -0.39 is 0 Å². The topological polar surface area (TPSA) is 35.5 Å². The van der Waals surface area contributed by atoms with Gasteiger partial charge in [0.2, 0.25) is 0 Å². The Morgan fingerprint density at radius 1 is 1.00 bits per heavy atom. The fourth-order valence-corrected chi connectivity index (χ4v) is 5.18. The molecule has 0 spiro atoms. The van der Waals surface area contributed by atoms with Gasteiger partial charge in [-0.2, -0.15) is 0 Å². The van der Waals surface area contributed by atoms with Crippen molar-refractivity contribution >= 4 is 50.7 Å². The van der Waals surface area contributed by atoms with Crippen molar-refractivity contribution in [2.75, 3.05) is 7.11 Å². The Balaban J connectivity index is 1.44. The third-order valence-corrected chi connectivity index (χ3v) is 7.09. The minimum atomic E-state index is -0.0111. The van der Waals surface area contributed by atoms with Crippen LogP contribution in [-0.2, 0) is 13.0 Å². The van der Waals surface area contributed by atoms with Gasteiger partial charge >= 0.3 is 0 Å². The number of benzene rings is 3. The maximum atomic E-state index is 12.7. The number of hydrogen-bond donors (Lipinski definition) is 0. The Hall–Kier alpha value is -2.86. The molecule has 172 valence electrons. The second-order valence-corrected chi connectivity index (χ2v) is 10.0. The van der Waals surface area contributed by atoms with E-state index in [1.54, 1.807) is 25.3 Å². The monoisotopic (exact) mass is 552 g/mol. The van der Waals surface area contributed by atoms with Crippen LogP contribution in [0.1, 0.15) is 31.2 Å². The number of allylic oxidation sites excluding steroid dienone is 1. The molecule has 3 nitrogen and oxygen atoms in total. The number of rotatable bonds is 9. The van der Waals surface area contributed by atoms with Crippen molar-refractivity contribution in [3.63, 3.8) is 0 Å². The summed E-state index contributed by atoms with van der Waals surface area (Å²) >= 11 is 11.0. The van der Waals surface area contributed by atoms with Crippen molar-refractivity contribution < 1.29 is 14.3 Å². The Kier molecular flexibility index (Phi) is 8.22. The minimum Gasteiger partial charge on any atom is -0.496 e. The molecule has 0 aliphatic carbocycles. The number of ketones is 1. The summed E-state index contributed by atoms with van der Waals surface area (Å²) in [5.74, 6) is 1.40. The molecular weight excluding hydrogens is 532 g/mol. The molecule has 0 unspecified atom stereocenters. The Morgan fingerprint density at radius 2 is 1.79 bits per heavy atom. The first-order chi connectivity index (χ1) is 16.5. The largest absolute Gasteiger partial charge is 0.496 e. The van der Waals surface area contributed by atoms with Crippen molar-refractivity contribution in [1.82, 2.24) is 0 Å². The molecule has 0 N–H and O–H groups in total. The molecule has 0 radical (unpaired) electrons. The van der Waals surface area contributed by atoms with E-state index in [0.29, 0.717) is 17.4 Å². The van der Waals surface area contributed by atoms with Crippen molar-refractivity contribution in [2.45, 2.75) is 13.0 Å². The summed E-state index contributed by atoms with van der Waals surface area (Å²) < 4.78 is 12.2. The maximum absolute atomic E-state index is 12.7. The maximum Gasteiger partial charge on any atom is 0.195 e. The zero-order valence-electron chi connectivity index (χ0n) is 18.5. The summed E-state index contributed by atoms with van der Waals surface area (Å²) in [7, 11) is 1.62. The van der Waals surface area contributed by atoms with Gasteiger partial charge in [-0.1, -0.05) is 54.1 Å². The average molecular weight is 554 g/mol. The van der Waals surface area contributed by atoms with E-state index >= 15 is 0 Å². The van der Waals surface area contributed by atoms with Gasteiger partial charge in [0.15, 0.2) is 5.78 Å². The van der Waals surface area contributed by atoms with Crippen molar-refractivity contribution in [3.8, 4) is 11.5 Å². The quantitative estimate of drug-likeness (QED) is 0.155. The molecular formula is C28H22BrClO3S. The Bertz CT molecular complexity index is 1310. The summed E-state index contributed by atoms with van der Waals surface area (Å²) in [5.41, 5.74) is 3.00. The second kappa shape index (κ2) is 11.5. The highest BCUT2D eigenvalue weighted by Crippen LogP contribution is 2.30. The molecule has 0 aliphatic heterocycles. The molecule has 0 fully saturated rings. The highest BCUT2D eigenvalue weighted by molar-refractivity contribution is 9.10. The fourth-order valence-electron chi connectivity index (χ4n) is 3.42. The van der Waals surface area contributed by atoms with Gasteiger partial charge in [-0.25, -0.2) is 0 Å². The number of ether oxygens (including phenoxy) is 2. The average Bonchev–Trinajstić information content (AvgIpc) is 3.31. The first-order valence-electron chi connectivity index (χ1n) is 10.6. The summed E-state index contributed by atoms with van der Waals surface area (Å²) in [6.07, 6.45) is 4.26. The lowest BCUT2D eigenvalue weighted by atomic mass is 10.1. The third-order valence-electron chi connectivity index (χ3n) is 5.13. The first kappa shape index (κ1) is 24.3. The third kappa shape index (κ3) is 6.38. The van der Waals surface area contributed by atoms with Crippen LogP contribution in [0.4, 0.5) is 0 Å². The van der Waals surface area contributed by atoms with E-state index in [0.717, 1.165) is 32.6 Å². The summed E-state index contributed by atoms with van der Waals surface area (Å²) in [6.45, 7) is 0.312. The number of hydrogen-bond acceptors (Lipinski definition) is 4. The molecule has 0 bridgehead atoms. The van der Waals surface area contributed by atoms with Crippen LogP contribution in [-0.4, -0.2) is 12.9 Å². The van der Waals surface area contributed by atoms with Crippen LogP contribution in [0.2, 0.25) is 5.02 Å². The van der Waals surface area contributed by atoms with Crippen LogP contribution in [0.15, 0.2) is 89.4 Å². The van der Waals surface area contributed by atoms with Crippen molar-refractivity contribution in [2.24, 2.45) is 0 Å². The van der Waals surface area contributed by atoms with Crippen LogP contribution in [0.3, 0.4) is 0 Å². The number of thiophene rings is 1. The molecule has 0 saturated carbocycles. The van der Waals surface area contributed by atoms with Gasteiger partial charge in [0.05, 0.1) is 16.5 Å². The van der Waals surface area contributed by atoms with E-state index in [2.05, 4.69) is 28.1 Å². The lowest BCUT2D eigenvalue weighted by Gasteiger charge is -2.12. The van der Waals surface area contributed by atoms with Crippen LogP contribution in [0, 0.1) is 0 Å². The SMILES string of the molecule is COc1ccc(/C=C/C(=O)c2ccc(Cc3ccccc3)s2)cc1COc1ccc(Cl)cc1Br. The predicted octanol–water partition coefficient (Wildman–Crippen LogP) is 8.24. The molecule has 0 aliphatic rings. The van der Waals surface area contributed by atoms with Gasteiger partial charge in [-0.05, 0) is 75.6 Å². The van der Waals surface area contributed by atoms with Gasteiger partial charge in [-0.3, -0.25) is 4.79 Å². The van der Waals surface area contributed by atoms with E-state index in [9.17, 15) is 4.79 Å². The van der Waals surface area contributed by atoms with Crippen LogP contribution in [0.5, 0.6) is 11.5 Å². The van der Waals surface area contributed by atoms with E-state index in [-0.39, 0.29) is 5.78 Å². The van der Waals surface area contributed by atoms with Gasteiger partial charge in [0, 0.05) is 21.9 Å². The number of carbonyl (C=O) groups is 1. The molecule has 1 heterocycles. The Morgan fingerprint density at radius 3 is 2.56 bits per heavy atom. The van der Waals surface area contributed by atoms with Gasteiger partial charge in [0.25, 0.3) is 0 Å². The van der Waals surface area contributed by atoms with Crippen LogP contribution < -0.4 is 9.47 Å². The van der Waals surface area contributed by atoms with E-state index in [1.807, 2.05) is 60.7 Å². The standard InChI is InChI=1S/C28H22BrClO3S/c1-32-26-12-8-20(15-21(26)18-33-27-13-9-22(30)17-24(27)29)7-11-25(31)28-14-10-23(34-28)16-19-5-3-2-4-6-19/h2-15,17H,16,18H2,1H3/b11-7+. The minimum absolute atomic E-state index is 0.0111. The summed E-state index contributed by atoms with van der Waals surface area (Å²) in [5, 5.41) is 0.631.